The summed E-state index contributed by atoms with van der Waals surface area (Å²) in [6.45, 7) is 0.989. The summed E-state index contributed by atoms with van der Waals surface area (Å²) in [5.74, 6) is 0.471. The van der Waals surface area contributed by atoms with Gasteiger partial charge < -0.3 is 10.6 Å². The zero-order chi connectivity index (χ0) is 11.1. The van der Waals surface area contributed by atoms with Crippen LogP contribution < -0.4 is 10.6 Å². The van der Waals surface area contributed by atoms with Crippen molar-refractivity contribution in [3.63, 3.8) is 0 Å². The number of fused-ring (bicyclic) bond motifs is 2. The molecule has 2 nitrogen and oxygen atoms in total. The summed E-state index contributed by atoms with van der Waals surface area (Å²) in [6.07, 6.45) is 3.74. The molecule has 1 aliphatic heterocycles. The number of nitrogens with one attached hydrogen (secondary N) is 2. The third-order valence-corrected chi connectivity index (χ3v) is 4.22. The van der Waals surface area contributed by atoms with E-state index in [1.165, 1.54) is 19.3 Å². The molecule has 0 aromatic heterocycles. The molecule has 2 atom stereocenters. The van der Waals surface area contributed by atoms with Gasteiger partial charge in [-0.25, -0.2) is 4.39 Å². The largest absolute Gasteiger partial charge is 0.383 e. The Morgan fingerprint density at radius 1 is 1.25 bits per heavy atom. The maximum absolute atomic E-state index is 13.5. The highest BCUT2D eigenvalue weighted by molar-refractivity contribution is 9.10. The van der Waals surface area contributed by atoms with Crippen molar-refractivity contribution in [2.45, 2.75) is 25.3 Å². The minimum Gasteiger partial charge on any atom is -0.383 e. The minimum absolute atomic E-state index is 0.204. The van der Waals surface area contributed by atoms with Gasteiger partial charge in [-0.2, -0.15) is 0 Å². The van der Waals surface area contributed by atoms with Crippen LogP contribution >= 0.6 is 15.9 Å². The zero-order valence-corrected chi connectivity index (χ0v) is 10.5. The first kappa shape index (κ1) is 10.4. The Morgan fingerprint density at radius 2 is 2.12 bits per heavy atom. The van der Waals surface area contributed by atoms with Crippen LogP contribution in [0.5, 0.6) is 0 Å². The van der Waals surface area contributed by atoms with Gasteiger partial charge in [-0.3, -0.25) is 0 Å². The number of rotatable bonds is 0. The van der Waals surface area contributed by atoms with E-state index in [1.807, 2.05) is 6.07 Å². The van der Waals surface area contributed by atoms with Crippen LogP contribution in [0.2, 0.25) is 0 Å². The smallest absolute Gasteiger partial charge is 0.139 e. The van der Waals surface area contributed by atoms with Crippen molar-refractivity contribution in [1.29, 1.82) is 0 Å². The zero-order valence-electron chi connectivity index (χ0n) is 8.89. The first-order valence-electron chi connectivity index (χ1n) is 5.73. The molecule has 0 saturated heterocycles. The molecule has 2 aliphatic rings. The lowest BCUT2D eigenvalue weighted by atomic mass is 10.0. The molecule has 0 spiro atoms. The monoisotopic (exact) mass is 284 g/mol. The van der Waals surface area contributed by atoms with Crippen LogP contribution in [0.15, 0.2) is 16.6 Å². The number of benzene rings is 1. The van der Waals surface area contributed by atoms with Gasteiger partial charge in [0.05, 0.1) is 15.8 Å². The SMILES string of the molecule is Fc1cc2c(cc1Br)NCC1CCCC1N2. The Labute approximate surface area is 103 Å². The maximum atomic E-state index is 13.5. The van der Waals surface area contributed by atoms with Crippen molar-refractivity contribution in [3.05, 3.63) is 22.4 Å². The summed E-state index contributed by atoms with van der Waals surface area (Å²) < 4.78 is 14.0. The fourth-order valence-corrected chi connectivity index (χ4v) is 3.07. The summed E-state index contributed by atoms with van der Waals surface area (Å²) in [4.78, 5) is 0. The molecular weight excluding hydrogens is 271 g/mol. The second-order valence-electron chi connectivity index (χ2n) is 4.63. The summed E-state index contributed by atoms with van der Waals surface area (Å²) in [6, 6.07) is 3.90. The fraction of sp³-hybridized carbons (Fsp3) is 0.500. The highest BCUT2D eigenvalue weighted by atomic mass is 79.9. The number of halogens is 2. The van der Waals surface area contributed by atoms with Gasteiger partial charge in [0, 0.05) is 18.7 Å². The standard InChI is InChI=1S/C12H14BrFN2/c13-8-4-11-12(5-9(8)14)16-10-3-1-2-7(10)6-15-11/h4-5,7,10,15-16H,1-3,6H2. The van der Waals surface area contributed by atoms with E-state index in [4.69, 9.17) is 0 Å². The molecule has 1 fully saturated rings. The average Bonchev–Trinajstić information content (AvgIpc) is 2.63. The normalized spacial score (nSPS) is 27.4. The third kappa shape index (κ3) is 1.69. The van der Waals surface area contributed by atoms with Crippen LogP contribution in [0.3, 0.4) is 0 Å². The van der Waals surface area contributed by atoms with Crippen LogP contribution in [-0.4, -0.2) is 12.6 Å². The van der Waals surface area contributed by atoms with Gasteiger partial charge in [0.25, 0.3) is 0 Å². The average molecular weight is 285 g/mol. The van der Waals surface area contributed by atoms with E-state index in [2.05, 4.69) is 26.6 Å². The molecule has 4 heteroatoms. The molecule has 0 bridgehead atoms. The van der Waals surface area contributed by atoms with E-state index in [0.29, 0.717) is 16.4 Å². The van der Waals surface area contributed by atoms with Gasteiger partial charge in [-0.15, -0.1) is 0 Å². The Morgan fingerprint density at radius 3 is 3.00 bits per heavy atom. The lowest BCUT2D eigenvalue weighted by molar-refractivity contribution is 0.537. The van der Waals surface area contributed by atoms with Crippen molar-refractivity contribution in [2.24, 2.45) is 5.92 Å². The highest BCUT2D eigenvalue weighted by Gasteiger charge is 2.30. The Balaban J connectivity index is 1.97. The fourth-order valence-electron chi connectivity index (χ4n) is 2.72. The van der Waals surface area contributed by atoms with Gasteiger partial charge in [0.2, 0.25) is 0 Å². The summed E-state index contributed by atoms with van der Waals surface area (Å²) >= 11 is 3.22. The minimum atomic E-state index is -0.204. The van der Waals surface area contributed by atoms with Crippen LogP contribution in [0.25, 0.3) is 0 Å². The second kappa shape index (κ2) is 3.91. The van der Waals surface area contributed by atoms with Crippen molar-refractivity contribution < 1.29 is 4.39 Å². The molecule has 3 rings (SSSR count). The number of hydrogen-bond donors (Lipinski definition) is 2. The molecule has 16 heavy (non-hydrogen) atoms. The molecule has 86 valence electrons. The van der Waals surface area contributed by atoms with Crippen molar-refractivity contribution >= 4 is 27.3 Å². The lowest BCUT2D eigenvalue weighted by Crippen LogP contribution is -2.25. The lowest BCUT2D eigenvalue weighted by Gasteiger charge is -2.17. The third-order valence-electron chi connectivity index (χ3n) is 3.62. The topological polar surface area (TPSA) is 24.1 Å². The van der Waals surface area contributed by atoms with Gasteiger partial charge in [-0.1, -0.05) is 6.42 Å². The summed E-state index contributed by atoms with van der Waals surface area (Å²) in [7, 11) is 0. The highest BCUT2D eigenvalue weighted by Crippen LogP contribution is 2.37. The number of hydrogen-bond acceptors (Lipinski definition) is 2. The van der Waals surface area contributed by atoms with Crippen LogP contribution in [0.4, 0.5) is 15.8 Å². The molecule has 2 N–H and O–H groups in total. The molecule has 2 unspecified atom stereocenters. The van der Waals surface area contributed by atoms with Crippen molar-refractivity contribution in [2.75, 3.05) is 17.2 Å². The molecule has 0 radical (unpaired) electrons. The van der Waals surface area contributed by atoms with Gasteiger partial charge in [0.1, 0.15) is 5.82 Å². The van der Waals surface area contributed by atoms with Crippen LogP contribution in [0, 0.1) is 11.7 Å². The first-order chi connectivity index (χ1) is 7.74. The van der Waals surface area contributed by atoms with Crippen molar-refractivity contribution in [1.82, 2.24) is 0 Å². The molecule has 1 aliphatic carbocycles. The van der Waals surface area contributed by atoms with Crippen LogP contribution in [0.1, 0.15) is 19.3 Å². The predicted octanol–water partition coefficient (Wildman–Crippen LogP) is 3.59. The maximum Gasteiger partial charge on any atom is 0.139 e. The molecule has 1 saturated carbocycles. The Hall–Kier alpha value is -0.770. The predicted molar refractivity (Wildman–Crippen MR) is 67.3 cm³/mol. The van der Waals surface area contributed by atoms with Crippen LogP contribution in [-0.2, 0) is 0 Å². The van der Waals surface area contributed by atoms with E-state index < -0.39 is 0 Å². The first-order valence-corrected chi connectivity index (χ1v) is 6.53. The molecule has 1 aromatic carbocycles. The van der Waals surface area contributed by atoms with E-state index in [0.717, 1.165) is 17.9 Å². The van der Waals surface area contributed by atoms with Gasteiger partial charge in [0.15, 0.2) is 0 Å². The number of anilines is 2. The van der Waals surface area contributed by atoms with E-state index in [9.17, 15) is 4.39 Å². The van der Waals surface area contributed by atoms with E-state index >= 15 is 0 Å². The van der Waals surface area contributed by atoms with E-state index in [1.54, 1.807) is 6.07 Å². The summed E-state index contributed by atoms with van der Waals surface area (Å²) in [5, 5.41) is 6.87. The van der Waals surface area contributed by atoms with Gasteiger partial charge in [-0.05, 0) is 40.8 Å². The van der Waals surface area contributed by atoms with Crippen molar-refractivity contribution in [3.8, 4) is 0 Å². The summed E-state index contributed by atoms with van der Waals surface area (Å²) in [5.41, 5.74) is 1.90. The quantitative estimate of drug-likeness (QED) is 0.761. The Kier molecular flexibility index (Phi) is 2.54. The molecule has 1 aromatic rings. The Bertz CT molecular complexity index is 422. The molecule has 1 heterocycles. The van der Waals surface area contributed by atoms with E-state index in [-0.39, 0.29) is 5.82 Å². The molecule has 0 amide bonds. The van der Waals surface area contributed by atoms with Gasteiger partial charge >= 0.3 is 0 Å². The molecular formula is C12H14BrFN2. The second-order valence-corrected chi connectivity index (χ2v) is 5.49.